The van der Waals surface area contributed by atoms with Crippen LogP contribution in [0.3, 0.4) is 0 Å². The van der Waals surface area contributed by atoms with Crippen molar-refractivity contribution in [1.29, 1.82) is 0 Å². The third kappa shape index (κ3) is 9.75. The molecular weight excluding hydrogens is 420 g/mol. The molecule has 1 aromatic rings. The quantitative estimate of drug-likeness (QED) is 0.366. The van der Waals surface area contributed by atoms with E-state index in [1.807, 2.05) is 71.0 Å². The summed E-state index contributed by atoms with van der Waals surface area (Å²) in [6.07, 6.45) is 4.43. The van der Waals surface area contributed by atoms with Crippen molar-refractivity contribution in [3.8, 4) is 0 Å². The van der Waals surface area contributed by atoms with E-state index in [4.69, 9.17) is 5.73 Å². The maximum absolute atomic E-state index is 13.4. The van der Waals surface area contributed by atoms with Gasteiger partial charge in [0.05, 0.1) is 6.04 Å². The van der Waals surface area contributed by atoms with Gasteiger partial charge in [-0.15, -0.1) is 0 Å². The summed E-state index contributed by atoms with van der Waals surface area (Å²) in [5, 5.41) is 11.9. The molecule has 0 radical (unpaired) electrons. The van der Waals surface area contributed by atoms with Gasteiger partial charge in [-0.2, -0.15) is 0 Å². The maximum Gasteiger partial charge on any atom is 0.268 e. The lowest BCUT2D eigenvalue weighted by Crippen LogP contribution is -2.62. The minimum absolute atomic E-state index is 0.0988. The first-order chi connectivity index (χ1) is 15.4. The van der Waals surface area contributed by atoms with Gasteiger partial charge in [0.25, 0.3) is 11.8 Å². The van der Waals surface area contributed by atoms with E-state index in [1.165, 1.54) is 10.0 Å². The normalized spacial score (nSPS) is 13.6. The number of amides is 3. The summed E-state index contributed by atoms with van der Waals surface area (Å²) in [7, 11) is 0. The number of nitrogens with zero attached hydrogens (tertiary/aromatic N) is 2. The number of carbonyl (C=O) groups excluding carboxylic acids is 3. The maximum atomic E-state index is 13.4. The highest BCUT2D eigenvalue weighted by Gasteiger charge is 2.38. The Balaban J connectivity index is 3.43. The van der Waals surface area contributed by atoms with Crippen LogP contribution in [0.2, 0.25) is 0 Å². The molecule has 0 bridgehead atoms. The molecule has 0 aliphatic carbocycles. The third-order valence-corrected chi connectivity index (χ3v) is 4.90. The van der Waals surface area contributed by atoms with Crippen LogP contribution in [-0.2, 0) is 14.4 Å². The van der Waals surface area contributed by atoms with E-state index in [2.05, 4.69) is 0 Å². The van der Waals surface area contributed by atoms with Crippen molar-refractivity contribution in [3.63, 3.8) is 0 Å². The van der Waals surface area contributed by atoms with Gasteiger partial charge < -0.3 is 5.73 Å². The topological polar surface area (TPSA) is 116 Å². The highest BCUT2D eigenvalue weighted by atomic mass is 16.5. The van der Waals surface area contributed by atoms with Crippen LogP contribution >= 0.6 is 0 Å². The number of carbonyl (C=O) groups is 3. The van der Waals surface area contributed by atoms with Gasteiger partial charge in [0.1, 0.15) is 6.04 Å². The van der Waals surface area contributed by atoms with Crippen molar-refractivity contribution in [2.75, 3.05) is 6.54 Å². The Hall–Kier alpha value is -2.71. The number of hydrogen-bond donors (Lipinski definition) is 3. The Morgan fingerprint density at radius 3 is 2.21 bits per heavy atom. The molecule has 0 fully saturated rings. The molecule has 3 amide bonds. The first-order valence-corrected chi connectivity index (χ1v) is 11.4. The zero-order valence-electron chi connectivity index (χ0n) is 20.7. The molecule has 33 heavy (non-hydrogen) atoms. The molecule has 0 aliphatic heterocycles. The Morgan fingerprint density at radius 1 is 1.12 bits per heavy atom. The molecule has 4 N–H and O–H groups in total. The summed E-state index contributed by atoms with van der Waals surface area (Å²) < 4.78 is 0. The van der Waals surface area contributed by atoms with Gasteiger partial charge in [0, 0.05) is 13.0 Å². The summed E-state index contributed by atoms with van der Waals surface area (Å²) in [5.74, 6) is -1.35. The van der Waals surface area contributed by atoms with Gasteiger partial charge >= 0.3 is 0 Å². The highest BCUT2D eigenvalue weighted by Crippen LogP contribution is 2.22. The van der Waals surface area contributed by atoms with E-state index in [0.29, 0.717) is 6.42 Å². The van der Waals surface area contributed by atoms with Crippen molar-refractivity contribution >= 4 is 23.8 Å². The Kier molecular flexibility index (Phi) is 11.2. The number of rotatable bonds is 10. The second kappa shape index (κ2) is 13.1. The van der Waals surface area contributed by atoms with Crippen LogP contribution in [0.25, 0.3) is 6.08 Å². The zero-order valence-corrected chi connectivity index (χ0v) is 20.7. The lowest BCUT2D eigenvalue weighted by Gasteiger charge is -2.42. The molecule has 8 nitrogen and oxygen atoms in total. The van der Waals surface area contributed by atoms with Crippen LogP contribution in [0.15, 0.2) is 36.4 Å². The first-order valence-electron chi connectivity index (χ1n) is 11.4. The van der Waals surface area contributed by atoms with Crippen LogP contribution in [-0.4, -0.2) is 51.6 Å². The third-order valence-electron chi connectivity index (χ3n) is 4.90. The largest absolute Gasteiger partial charge is 0.320 e. The second-order valence-corrected chi connectivity index (χ2v) is 9.96. The zero-order chi connectivity index (χ0) is 25.2. The fourth-order valence-electron chi connectivity index (χ4n) is 3.24. The summed E-state index contributed by atoms with van der Waals surface area (Å²) in [6.45, 7) is 11.5. The molecular formula is C25H40N4O4. The minimum atomic E-state index is -1.13. The Labute approximate surface area is 197 Å². The molecule has 0 aromatic heterocycles. The van der Waals surface area contributed by atoms with Crippen LogP contribution in [0.1, 0.15) is 66.4 Å². The number of hydrazine groups is 1. The molecule has 0 aliphatic rings. The van der Waals surface area contributed by atoms with Crippen LogP contribution < -0.4 is 11.2 Å². The molecule has 0 heterocycles. The number of nitrogens with one attached hydrogen (secondary N) is 1. The van der Waals surface area contributed by atoms with Gasteiger partial charge in [-0.3, -0.25) is 19.6 Å². The highest BCUT2D eigenvalue weighted by molar-refractivity contribution is 5.90. The van der Waals surface area contributed by atoms with Gasteiger partial charge in [-0.05, 0) is 36.7 Å². The van der Waals surface area contributed by atoms with E-state index >= 15 is 0 Å². The number of nitrogens with two attached hydrogens (primary N) is 1. The van der Waals surface area contributed by atoms with E-state index in [1.54, 1.807) is 18.5 Å². The number of hydroxylamine groups is 1. The van der Waals surface area contributed by atoms with Crippen molar-refractivity contribution < 1.29 is 19.6 Å². The van der Waals surface area contributed by atoms with Crippen LogP contribution in [0.4, 0.5) is 0 Å². The smallest absolute Gasteiger partial charge is 0.268 e. The van der Waals surface area contributed by atoms with E-state index in [9.17, 15) is 19.6 Å². The summed E-state index contributed by atoms with van der Waals surface area (Å²) in [5.41, 5.74) is 8.13. The molecule has 1 rings (SSSR count). The van der Waals surface area contributed by atoms with E-state index in [-0.39, 0.29) is 36.6 Å². The fraction of sp³-hybridized carbons (Fsp3) is 0.560. The molecule has 184 valence electrons. The van der Waals surface area contributed by atoms with Crippen molar-refractivity contribution in [2.45, 2.75) is 72.9 Å². The van der Waals surface area contributed by atoms with Gasteiger partial charge in [-0.1, -0.05) is 77.1 Å². The molecule has 0 unspecified atom stereocenters. The molecule has 1 aromatic carbocycles. The molecule has 8 heteroatoms. The summed E-state index contributed by atoms with van der Waals surface area (Å²) >= 11 is 0. The number of benzene rings is 1. The van der Waals surface area contributed by atoms with Gasteiger partial charge in [0.15, 0.2) is 0 Å². The predicted octanol–water partition coefficient (Wildman–Crippen LogP) is 3.37. The van der Waals surface area contributed by atoms with Crippen molar-refractivity contribution in [3.05, 3.63) is 42.0 Å². The van der Waals surface area contributed by atoms with Crippen LogP contribution in [0, 0.1) is 11.3 Å². The lowest BCUT2D eigenvalue weighted by molar-refractivity contribution is -0.177. The van der Waals surface area contributed by atoms with Crippen LogP contribution in [0.5, 0.6) is 0 Å². The molecule has 0 spiro atoms. The first kappa shape index (κ1) is 28.3. The van der Waals surface area contributed by atoms with Gasteiger partial charge in [-0.25, -0.2) is 15.5 Å². The van der Waals surface area contributed by atoms with E-state index < -0.39 is 23.9 Å². The fourth-order valence-corrected chi connectivity index (χ4v) is 3.24. The van der Waals surface area contributed by atoms with E-state index in [0.717, 1.165) is 5.56 Å². The predicted molar refractivity (Wildman–Crippen MR) is 130 cm³/mol. The molecule has 0 saturated carbocycles. The average Bonchev–Trinajstić information content (AvgIpc) is 2.74. The Bertz CT molecular complexity index is 800. The summed E-state index contributed by atoms with van der Waals surface area (Å²) in [4.78, 5) is 39.3. The lowest BCUT2D eigenvalue weighted by atomic mass is 9.96. The molecule has 2 atom stereocenters. The van der Waals surface area contributed by atoms with Crippen molar-refractivity contribution in [2.24, 2.45) is 17.1 Å². The van der Waals surface area contributed by atoms with Gasteiger partial charge in [0.2, 0.25) is 5.91 Å². The minimum Gasteiger partial charge on any atom is -0.320 e. The Morgan fingerprint density at radius 2 is 1.73 bits per heavy atom. The monoisotopic (exact) mass is 460 g/mol. The average molecular weight is 461 g/mol. The molecule has 0 saturated heterocycles. The second-order valence-electron chi connectivity index (χ2n) is 9.96. The standard InChI is InChI=1S/C25H40N4O4/c1-18(2)15-16-22(30)29(28(17-25(4,5)6)24(32)19(3)26)21(23(31)27-33)14-10-13-20-11-8-7-9-12-20/h7-13,18-19,21,33H,14-17,26H2,1-6H3,(H,27,31)/t19-,21+/m1/s1. The summed E-state index contributed by atoms with van der Waals surface area (Å²) in [6, 6.07) is 7.52. The van der Waals surface area contributed by atoms with Crippen molar-refractivity contribution in [1.82, 2.24) is 15.5 Å². The SMILES string of the molecule is CC(C)CCC(=O)N([C@@H](CC=Cc1ccccc1)C(=O)NO)N(CC(C)(C)C)C(=O)[C@@H](C)N. The number of hydrogen-bond acceptors (Lipinski definition) is 5.